The van der Waals surface area contributed by atoms with Gasteiger partial charge < -0.3 is 0 Å². The van der Waals surface area contributed by atoms with Crippen molar-refractivity contribution >= 4 is 52.3 Å². The van der Waals surface area contributed by atoms with Crippen LogP contribution >= 0.6 is 17.0 Å². The van der Waals surface area contributed by atoms with Gasteiger partial charge in [-0.05, 0) is 0 Å². The summed E-state index contributed by atoms with van der Waals surface area (Å²) in [5, 5.41) is 2.95. The number of fused-ring (bicyclic) bond motifs is 5. The summed E-state index contributed by atoms with van der Waals surface area (Å²) in [6.45, 7) is 19.0. The summed E-state index contributed by atoms with van der Waals surface area (Å²) in [4.78, 5) is 0. The van der Waals surface area contributed by atoms with E-state index in [0.29, 0.717) is 11.8 Å². The molecule has 4 heteroatoms. The molecule has 0 fully saturated rings. The van der Waals surface area contributed by atoms with Gasteiger partial charge in [0.2, 0.25) is 0 Å². The number of hydrogen-bond acceptors (Lipinski definition) is 0. The minimum atomic E-state index is -5.95. The molecular formula is C68H67Cl2SiZr. The van der Waals surface area contributed by atoms with Crippen molar-refractivity contribution in [1.29, 1.82) is 0 Å². The molecule has 1 heterocycles. The Labute approximate surface area is 440 Å². The van der Waals surface area contributed by atoms with Gasteiger partial charge in [0.25, 0.3) is 0 Å². The van der Waals surface area contributed by atoms with E-state index >= 15 is 0 Å². The number of benzene rings is 8. The van der Waals surface area contributed by atoms with Crippen LogP contribution in [-0.2, 0) is 16.4 Å². The van der Waals surface area contributed by atoms with Crippen molar-refractivity contribution in [3.8, 4) is 55.6 Å². The van der Waals surface area contributed by atoms with Gasteiger partial charge in [0, 0.05) is 0 Å². The van der Waals surface area contributed by atoms with E-state index in [2.05, 4.69) is 243 Å². The first-order valence-corrected chi connectivity index (χ1v) is 38.5. The molecule has 0 saturated carbocycles. The third-order valence-corrected chi connectivity index (χ3v) is 39.7. The van der Waals surface area contributed by atoms with Gasteiger partial charge in [0.15, 0.2) is 0 Å². The summed E-state index contributed by atoms with van der Waals surface area (Å²) < 4.78 is 0.930. The number of hydrogen-bond donors (Lipinski definition) is 0. The van der Waals surface area contributed by atoms with Crippen LogP contribution in [0, 0.1) is 11.8 Å². The molecule has 11 rings (SSSR count). The van der Waals surface area contributed by atoms with Gasteiger partial charge in [-0.2, -0.15) is 0 Å². The molecule has 4 unspecified atom stereocenters. The van der Waals surface area contributed by atoms with Crippen molar-refractivity contribution in [3.63, 3.8) is 0 Å². The van der Waals surface area contributed by atoms with Crippen molar-refractivity contribution in [2.24, 2.45) is 11.8 Å². The average molecular weight is 1070 g/mol. The topological polar surface area (TPSA) is 0 Å². The van der Waals surface area contributed by atoms with Crippen LogP contribution in [0.25, 0.3) is 67.8 Å². The molecule has 4 atom stereocenters. The second-order valence-corrected chi connectivity index (χ2v) is 44.2. The Morgan fingerprint density at radius 1 is 0.431 bits per heavy atom. The molecule has 361 valence electrons. The van der Waals surface area contributed by atoms with Gasteiger partial charge >= 0.3 is 444 Å². The monoisotopic (exact) mass is 1070 g/mol. The van der Waals surface area contributed by atoms with Crippen molar-refractivity contribution in [2.75, 3.05) is 0 Å². The summed E-state index contributed by atoms with van der Waals surface area (Å²) in [6, 6.07) is 66.1. The number of allylic oxidation sites excluding steroid dienone is 2. The SMILES string of the molecule is CCC(C)C1=Cc2c(ccc(C(C)C)c2-c2ccccc2-c2ccccc2)[CH]1[Zr]([Cl])([Cl])([c]1cccc2c1[SiH2]c1ccccc1-2)[CH]1C(C(C)CC)=Cc2c1ccc(C(C)C)c2-c1ccccc1-c1ccccc1. The summed E-state index contributed by atoms with van der Waals surface area (Å²) in [5.74, 6) is 1.07. The fourth-order valence-electron chi connectivity index (χ4n) is 13.3. The Kier molecular flexibility index (Phi) is 13.2. The molecule has 0 radical (unpaired) electrons. The van der Waals surface area contributed by atoms with Crippen LogP contribution in [0.3, 0.4) is 0 Å². The predicted molar refractivity (Wildman–Crippen MR) is 314 cm³/mol. The van der Waals surface area contributed by atoms with Crippen molar-refractivity contribution in [1.82, 2.24) is 0 Å². The zero-order valence-electron chi connectivity index (χ0n) is 43.2. The fraction of sp³-hybridized carbons (Fsp3) is 0.235. The maximum atomic E-state index is 9.78. The molecule has 0 amide bonds. The van der Waals surface area contributed by atoms with Gasteiger partial charge in [-0.1, -0.05) is 0 Å². The second-order valence-electron chi connectivity index (χ2n) is 21.8. The molecular weight excluding hydrogens is 1010 g/mol. The third kappa shape index (κ3) is 7.84. The second kappa shape index (κ2) is 19.3. The average Bonchev–Trinajstić information content (AvgIpc) is 4.13. The van der Waals surface area contributed by atoms with Crippen molar-refractivity contribution in [3.05, 3.63) is 220 Å². The summed E-state index contributed by atoms with van der Waals surface area (Å²) in [5.41, 5.74) is 23.6. The molecule has 0 saturated heterocycles. The van der Waals surface area contributed by atoms with E-state index in [1.54, 1.807) is 0 Å². The first-order chi connectivity index (χ1) is 34.8. The van der Waals surface area contributed by atoms with Crippen LogP contribution in [-0.4, -0.2) is 9.52 Å². The molecule has 0 N–H and O–H groups in total. The zero-order valence-corrected chi connectivity index (χ0v) is 48.6. The molecule has 1 aliphatic heterocycles. The van der Waals surface area contributed by atoms with Gasteiger partial charge in [-0.25, -0.2) is 0 Å². The zero-order chi connectivity index (χ0) is 50.1. The van der Waals surface area contributed by atoms with Crippen LogP contribution in [0.5, 0.6) is 0 Å². The molecule has 2 aliphatic carbocycles. The molecule has 8 aromatic rings. The first kappa shape index (κ1) is 49.1. The molecule has 3 aliphatic rings. The molecule has 0 spiro atoms. The van der Waals surface area contributed by atoms with Gasteiger partial charge in [0.05, 0.1) is 0 Å². The number of rotatable bonds is 13. The summed E-state index contributed by atoms with van der Waals surface area (Å²) >= 11 is -5.95. The maximum absolute atomic E-state index is 9.78. The fourth-order valence-corrected chi connectivity index (χ4v) is 41.3. The van der Waals surface area contributed by atoms with E-state index in [0.717, 1.165) is 12.8 Å². The van der Waals surface area contributed by atoms with E-state index in [-0.39, 0.29) is 19.1 Å². The van der Waals surface area contributed by atoms with Gasteiger partial charge in [-0.15, -0.1) is 0 Å². The van der Waals surface area contributed by atoms with Crippen LogP contribution in [0.4, 0.5) is 0 Å². The van der Waals surface area contributed by atoms with Gasteiger partial charge in [0.1, 0.15) is 0 Å². The standard InChI is InChI=1S/2C28H29.C12H9Si.2ClH.Zr/c2*1-5-20(4)23-17-22-15-16-24(19(2)3)28(27(22)18-23)26-14-10-9-13-25(26)21-11-7-6-8-12-21;1-3-7-11-9(5-1)10-6-2-4-8-12(10)13-11;;;/h2*6-20H,5H2,1-4H3;1-7H,13H2;2*1H;/q;;;;;+2/p-2. The molecule has 0 bridgehead atoms. The minimum absolute atomic E-state index is 0.180. The summed E-state index contributed by atoms with van der Waals surface area (Å²) in [7, 11) is 18.6. The van der Waals surface area contributed by atoms with Crippen molar-refractivity contribution < 1.29 is 16.4 Å². The first-order valence-electron chi connectivity index (χ1n) is 26.7. The quantitative estimate of drug-likeness (QED) is 0.101. The Balaban J connectivity index is 1.26. The van der Waals surface area contributed by atoms with Gasteiger partial charge in [-0.3, -0.25) is 0 Å². The van der Waals surface area contributed by atoms with Crippen LogP contribution in [0.1, 0.15) is 121 Å². The predicted octanol–water partition coefficient (Wildman–Crippen LogP) is 17.7. The number of halogens is 2. The van der Waals surface area contributed by atoms with Crippen molar-refractivity contribution in [2.45, 2.75) is 87.3 Å². The van der Waals surface area contributed by atoms with E-state index < -0.39 is 25.9 Å². The Hall–Kier alpha value is -5.08. The Bertz CT molecular complexity index is 3270. The van der Waals surface area contributed by atoms with E-state index in [4.69, 9.17) is 0 Å². The van der Waals surface area contributed by atoms with Crippen LogP contribution in [0.2, 0.25) is 0 Å². The molecule has 0 nitrogen and oxygen atoms in total. The normalized spacial score (nSPS) is 17.5. The van der Waals surface area contributed by atoms with E-state index in [1.807, 2.05) is 0 Å². The Morgan fingerprint density at radius 2 is 0.833 bits per heavy atom. The third-order valence-electron chi connectivity index (χ3n) is 17.1. The van der Waals surface area contributed by atoms with E-state index in [9.17, 15) is 17.0 Å². The van der Waals surface area contributed by atoms with Crippen LogP contribution < -0.4 is 13.6 Å². The molecule has 72 heavy (non-hydrogen) atoms. The van der Waals surface area contributed by atoms with Crippen LogP contribution in [0.15, 0.2) is 187 Å². The molecule has 0 aromatic heterocycles. The Morgan fingerprint density at radius 3 is 1.28 bits per heavy atom. The summed E-state index contributed by atoms with van der Waals surface area (Å²) in [6.07, 6.45) is 7.19. The molecule has 8 aromatic carbocycles. The van der Waals surface area contributed by atoms with E-state index in [1.165, 1.54) is 114 Å².